The van der Waals surface area contributed by atoms with Crippen molar-refractivity contribution in [2.24, 2.45) is 0 Å². The maximum atomic E-state index is 10.2. The Hall–Kier alpha value is -1.35. The quantitative estimate of drug-likeness (QED) is 0.737. The summed E-state index contributed by atoms with van der Waals surface area (Å²) < 4.78 is 4.54. The number of aldehydes is 1. The Bertz CT molecular complexity index is 280. The number of rotatable bonds is 2. The summed E-state index contributed by atoms with van der Waals surface area (Å²) >= 11 is 0. The van der Waals surface area contributed by atoms with Crippen LogP contribution in [-0.2, 0) is 4.74 Å². The molecule has 0 amide bonds. The molecule has 0 saturated carbocycles. The van der Waals surface area contributed by atoms with Crippen LogP contribution in [0.3, 0.4) is 0 Å². The van der Waals surface area contributed by atoms with Crippen LogP contribution in [0.5, 0.6) is 5.75 Å². The number of benzene rings is 1. The predicted molar refractivity (Wildman–Crippen MR) is 55.8 cm³/mol. The predicted octanol–water partition coefficient (Wildman–Crippen LogP) is 2.17. The number of phenolic OH excluding ortho intramolecular Hbond substituents is 1. The lowest BCUT2D eigenvalue weighted by Gasteiger charge is -1.96. The normalized spacial score (nSPS) is 8.79. The van der Waals surface area contributed by atoms with Gasteiger partial charge in [-0.3, -0.25) is 4.79 Å². The molecule has 0 aliphatic rings. The Morgan fingerprint density at radius 3 is 2.43 bits per heavy atom. The minimum Gasteiger partial charge on any atom is -0.508 e. The molecule has 0 aliphatic heterocycles. The molecule has 3 heteroatoms. The summed E-state index contributed by atoms with van der Waals surface area (Å²) in [5.74, 6) is 0.171. The van der Waals surface area contributed by atoms with Gasteiger partial charge in [-0.05, 0) is 25.5 Å². The van der Waals surface area contributed by atoms with Crippen molar-refractivity contribution in [3.8, 4) is 5.75 Å². The highest BCUT2D eigenvalue weighted by Gasteiger charge is 1.95. The van der Waals surface area contributed by atoms with E-state index in [1.165, 1.54) is 6.07 Å². The fraction of sp³-hybridized carbons (Fsp3) is 0.364. The molecule has 1 aromatic carbocycles. The fourth-order valence-electron chi connectivity index (χ4n) is 0.700. The highest BCUT2D eigenvalue weighted by molar-refractivity contribution is 5.75. The van der Waals surface area contributed by atoms with Gasteiger partial charge in [-0.15, -0.1) is 0 Å². The topological polar surface area (TPSA) is 46.5 Å². The zero-order chi connectivity index (χ0) is 11.0. The molecule has 1 N–H and O–H groups in total. The Morgan fingerprint density at radius 2 is 2.07 bits per heavy atom. The summed E-state index contributed by atoms with van der Waals surface area (Å²) in [5, 5.41) is 9.07. The molecule has 14 heavy (non-hydrogen) atoms. The van der Waals surface area contributed by atoms with E-state index in [4.69, 9.17) is 5.11 Å². The molecule has 0 radical (unpaired) electrons. The van der Waals surface area contributed by atoms with Crippen molar-refractivity contribution >= 4 is 6.29 Å². The molecule has 0 bridgehead atoms. The van der Waals surface area contributed by atoms with Crippen LogP contribution in [-0.4, -0.2) is 25.1 Å². The van der Waals surface area contributed by atoms with E-state index in [2.05, 4.69) is 4.74 Å². The Kier molecular flexibility index (Phi) is 6.41. The number of aryl methyl sites for hydroxylation is 1. The summed E-state index contributed by atoms with van der Waals surface area (Å²) in [5.41, 5.74) is 1.29. The summed E-state index contributed by atoms with van der Waals surface area (Å²) in [6.07, 6.45) is 0.708. The van der Waals surface area contributed by atoms with Crippen molar-refractivity contribution in [1.82, 2.24) is 0 Å². The van der Waals surface area contributed by atoms with Crippen LogP contribution in [0.4, 0.5) is 0 Å². The van der Waals surface area contributed by atoms with Crippen molar-refractivity contribution in [1.29, 1.82) is 0 Å². The zero-order valence-corrected chi connectivity index (χ0v) is 8.78. The van der Waals surface area contributed by atoms with E-state index in [1.54, 1.807) is 26.2 Å². The average Bonchev–Trinajstić information content (AvgIpc) is 2.22. The third-order valence-electron chi connectivity index (χ3n) is 1.66. The van der Waals surface area contributed by atoms with E-state index in [9.17, 15) is 4.79 Å². The number of hydrogen-bond acceptors (Lipinski definition) is 3. The lowest BCUT2D eigenvalue weighted by molar-refractivity contribution is 0.112. The van der Waals surface area contributed by atoms with Gasteiger partial charge in [0.1, 0.15) is 12.0 Å². The maximum absolute atomic E-state index is 10.2. The van der Waals surface area contributed by atoms with E-state index in [0.29, 0.717) is 11.8 Å². The highest BCUT2D eigenvalue weighted by atomic mass is 16.5. The fourth-order valence-corrected chi connectivity index (χ4v) is 0.700. The van der Waals surface area contributed by atoms with Crippen molar-refractivity contribution in [2.75, 3.05) is 13.7 Å². The van der Waals surface area contributed by atoms with Gasteiger partial charge in [0.15, 0.2) is 0 Å². The SMILES string of the molecule is CCOC.Cc1ccc(C=O)cc1O. The molecule has 1 aromatic rings. The molecule has 78 valence electrons. The first-order valence-corrected chi connectivity index (χ1v) is 4.39. The summed E-state index contributed by atoms with van der Waals surface area (Å²) in [6, 6.07) is 4.82. The van der Waals surface area contributed by atoms with Crippen molar-refractivity contribution in [3.63, 3.8) is 0 Å². The summed E-state index contributed by atoms with van der Waals surface area (Å²) in [6.45, 7) is 4.56. The second-order valence-corrected chi connectivity index (χ2v) is 2.74. The van der Waals surface area contributed by atoms with Crippen LogP contribution in [0.15, 0.2) is 18.2 Å². The number of carbonyl (C=O) groups is 1. The lowest BCUT2D eigenvalue weighted by atomic mass is 10.1. The minimum absolute atomic E-state index is 0.171. The molecule has 3 nitrogen and oxygen atoms in total. The second-order valence-electron chi connectivity index (χ2n) is 2.74. The number of carbonyl (C=O) groups excluding carboxylic acids is 1. The third-order valence-corrected chi connectivity index (χ3v) is 1.66. The Balaban J connectivity index is 0.000000364. The molecule has 0 unspecified atom stereocenters. The molecule has 0 aliphatic carbocycles. The van der Waals surface area contributed by atoms with Gasteiger partial charge >= 0.3 is 0 Å². The number of aromatic hydroxyl groups is 1. The second kappa shape index (κ2) is 7.09. The number of methoxy groups -OCH3 is 1. The van der Waals surface area contributed by atoms with Gasteiger partial charge in [-0.2, -0.15) is 0 Å². The van der Waals surface area contributed by atoms with E-state index in [0.717, 1.165) is 12.2 Å². The Labute approximate surface area is 84.3 Å². The maximum Gasteiger partial charge on any atom is 0.150 e. The van der Waals surface area contributed by atoms with Gasteiger partial charge in [-0.1, -0.05) is 12.1 Å². The van der Waals surface area contributed by atoms with Gasteiger partial charge in [0.2, 0.25) is 0 Å². The largest absolute Gasteiger partial charge is 0.508 e. The van der Waals surface area contributed by atoms with Crippen LogP contribution in [0.25, 0.3) is 0 Å². The molecule has 0 spiro atoms. The molecule has 0 fully saturated rings. The summed E-state index contributed by atoms with van der Waals surface area (Å²) in [4.78, 5) is 10.2. The smallest absolute Gasteiger partial charge is 0.150 e. The molecule has 0 heterocycles. The minimum atomic E-state index is 0.171. The number of ether oxygens (including phenoxy) is 1. The van der Waals surface area contributed by atoms with Crippen molar-refractivity contribution in [3.05, 3.63) is 29.3 Å². The van der Waals surface area contributed by atoms with Crippen LogP contribution in [0.2, 0.25) is 0 Å². The molecule has 1 rings (SSSR count). The first kappa shape index (κ1) is 12.7. The van der Waals surface area contributed by atoms with E-state index >= 15 is 0 Å². The lowest BCUT2D eigenvalue weighted by Crippen LogP contribution is -1.80. The van der Waals surface area contributed by atoms with E-state index in [-0.39, 0.29) is 5.75 Å². The zero-order valence-electron chi connectivity index (χ0n) is 8.78. The van der Waals surface area contributed by atoms with Gasteiger partial charge in [0.05, 0.1) is 0 Å². The van der Waals surface area contributed by atoms with Crippen LogP contribution < -0.4 is 0 Å². The number of phenols is 1. The van der Waals surface area contributed by atoms with Gasteiger partial charge < -0.3 is 9.84 Å². The van der Waals surface area contributed by atoms with E-state index < -0.39 is 0 Å². The molecular formula is C11H16O3. The molecule has 0 atom stereocenters. The molecular weight excluding hydrogens is 180 g/mol. The van der Waals surface area contributed by atoms with Gasteiger partial charge in [0.25, 0.3) is 0 Å². The monoisotopic (exact) mass is 196 g/mol. The standard InChI is InChI=1S/C8H8O2.C3H8O/c1-6-2-3-7(5-9)4-8(6)10;1-3-4-2/h2-5,10H,1H3;3H2,1-2H3. The summed E-state index contributed by atoms with van der Waals surface area (Å²) in [7, 11) is 1.68. The van der Waals surface area contributed by atoms with Gasteiger partial charge in [-0.25, -0.2) is 0 Å². The average molecular weight is 196 g/mol. The highest BCUT2D eigenvalue weighted by Crippen LogP contribution is 2.15. The first-order chi connectivity index (χ1) is 6.65. The van der Waals surface area contributed by atoms with Crippen LogP contribution >= 0.6 is 0 Å². The van der Waals surface area contributed by atoms with E-state index in [1.807, 2.05) is 6.92 Å². The van der Waals surface area contributed by atoms with Crippen molar-refractivity contribution < 1.29 is 14.6 Å². The van der Waals surface area contributed by atoms with Crippen LogP contribution in [0, 0.1) is 6.92 Å². The first-order valence-electron chi connectivity index (χ1n) is 4.39. The third kappa shape index (κ3) is 4.62. The van der Waals surface area contributed by atoms with Gasteiger partial charge in [0, 0.05) is 19.3 Å². The van der Waals surface area contributed by atoms with Crippen molar-refractivity contribution in [2.45, 2.75) is 13.8 Å². The Morgan fingerprint density at radius 1 is 1.50 bits per heavy atom. The molecule has 0 aromatic heterocycles. The molecule has 0 saturated heterocycles. The van der Waals surface area contributed by atoms with Crippen LogP contribution in [0.1, 0.15) is 22.8 Å². The number of hydrogen-bond donors (Lipinski definition) is 1.